The minimum atomic E-state index is -0.387. The van der Waals surface area contributed by atoms with E-state index in [0.717, 1.165) is 12.2 Å². The van der Waals surface area contributed by atoms with Crippen LogP contribution < -0.4 is 4.74 Å². The third-order valence-electron chi connectivity index (χ3n) is 4.24. The zero-order chi connectivity index (χ0) is 19.5. The summed E-state index contributed by atoms with van der Waals surface area (Å²) < 4.78 is 5.81. The first kappa shape index (κ1) is 20.3. The van der Waals surface area contributed by atoms with Gasteiger partial charge < -0.3 is 14.5 Å². The number of hydrogen-bond acceptors (Lipinski definition) is 3. The van der Waals surface area contributed by atoms with Crippen LogP contribution in [0.4, 0.5) is 0 Å². The van der Waals surface area contributed by atoms with Gasteiger partial charge in [-0.05, 0) is 51.5 Å². The van der Waals surface area contributed by atoms with Crippen LogP contribution in [0.1, 0.15) is 58.3 Å². The van der Waals surface area contributed by atoms with Crippen LogP contribution in [0.3, 0.4) is 0 Å². The molecule has 5 nitrogen and oxygen atoms in total. The maximum atomic E-state index is 12.8. The summed E-state index contributed by atoms with van der Waals surface area (Å²) in [5.74, 6) is 0.916. The number of amides is 2. The van der Waals surface area contributed by atoms with E-state index in [0.29, 0.717) is 31.7 Å². The van der Waals surface area contributed by atoms with Crippen LogP contribution in [0.15, 0.2) is 24.3 Å². The summed E-state index contributed by atoms with van der Waals surface area (Å²) in [6.45, 7) is 14.3. The fourth-order valence-electron chi connectivity index (χ4n) is 3.00. The number of hydrogen-bond donors (Lipinski definition) is 0. The van der Waals surface area contributed by atoms with E-state index >= 15 is 0 Å². The lowest BCUT2D eigenvalue weighted by molar-refractivity contribution is -0.139. The Kier molecular flexibility index (Phi) is 5.99. The molecule has 1 saturated heterocycles. The van der Waals surface area contributed by atoms with E-state index in [1.165, 1.54) is 0 Å². The quantitative estimate of drug-likeness (QED) is 0.810. The van der Waals surface area contributed by atoms with Gasteiger partial charge >= 0.3 is 0 Å². The van der Waals surface area contributed by atoms with Gasteiger partial charge in [0.15, 0.2) is 0 Å². The van der Waals surface area contributed by atoms with Crippen molar-refractivity contribution in [3.63, 3.8) is 0 Å². The maximum Gasteiger partial charge on any atom is 0.253 e. The Morgan fingerprint density at radius 3 is 1.92 bits per heavy atom. The standard InChI is InChI=1S/C21H32N2O3/c1-20(2,3)19(25)23-13-7-12-22(14-15-23)18(24)16-8-10-17(11-9-16)26-21(4,5)6/h8-11H,7,12-15H2,1-6H3. The SMILES string of the molecule is CC(C)(C)Oc1ccc(C(=O)N2CCCN(C(=O)C(C)(C)C)CC2)cc1. The van der Waals surface area contributed by atoms with Crippen molar-refractivity contribution in [2.45, 2.75) is 53.6 Å². The number of benzene rings is 1. The second kappa shape index (κ2) is 7.68. The van der Waals surface area contributed by atoms with Crippen molar-refractivity contribution in [1.82, 2.24) is 9.80 Å². The highest BCUT2D eigenvalue weighted by atomic mass is 16.5. The molecular formula is C21H32N2O3. The largest absolute Gasteiger partial charge is 0.488 e. The molecule has 2 amide bonds. The number of ether oxygens (including phenoxy) is 1. The first-order valence-electron chi connectivity index (χ1n) is 9.35. The summed E-state index contributed by atoms with van der Waals surface area (Å²) in [4.78, 5) is 29.0. The summed E-state index contributed by atoms with van der Waals surface area (Å²) in [6, 6.07) is 7.30. The zero-order valence-electron chi connectivity index (χ0n) is 17.0. The zero-order valence-corrected chi connectivity index (χ0v) is 17.0. The van der Waals surface area contributed by atoms with E-state index < -0.39 is 0 Å². The fourth-order valence-corrected chi connectivity index (χ4v) is 3.00. The summed E-state index contributed by atoms with van der Waals surface area (Å²) in [6.07, 6.45) is 0.804. The minimum absolute atomic E-state index is 0.0115. The molecule has 5 heteroatoms. The Hall–Kier alpha value is -2.04. The molecule has 0 aromatic heterocycles. The van der Waals surface area contributed by atoms with Gasteiger partial charge in [0.1, 0.15) is 11.4 Å². The summed E-state index contributed by atoms with van der Waals surface area (Å²) in [5, 5.41) is 0. The summed E-state index contributed by atoms with van der Waals surface area (Å²) in [5.41, 5.74) is 0.00314. The molecule has 1 aromatic carbocycles. The van der Waals surface area contributed by atoms with E-state index in [1.54, 1.807) is 0 Å². The molecule has 1 aromatic rings. The van der Waals surface area contributed by atoms with E-state index in [1.807, 2.05) is 75.6 Å². The molecule has 1 fully saturated rings. The minimum Gasteiger partial charge on any atom is -0.488 e. The molecular weight excluding hydrogens is 328 g/mol. The van der Waals surface area contributed by atoms with Crippen molar-refractivity contribution < 1.29 is 14.3 Å². The van der Waals surface area contributed by atoms with Crippen molar-refractivity contribution >= 4 is 11.8 Å². The van der Waals surface area contributed by atoms with Gasteiger partial charge in [-0.2, -0.15) is 0 Å². The molecule has 0 aliphatic carbocycles. The normalized spacial score (nSPS) is 16.2. The smallest absolute Gasteiger partial charge is 0.253 e. The molecule has 1 aliphatic heterocycles. The second-order valence-corrected chi connectivity index (χ2v) is 8.93. The summed E-state index contributed by atoms with van der Waals surface area (Å²) >= 11 is 0. The van der Waals surface area contributed by atoms with E-state index in [-0.39, 0.29) is 22.8 Å². The topological polar surface area (TPSA) is 49.9 Å². The van der Waals surface area contributed by atoms with Crippen molar-refractivity contribution in [2.24, 2.45) is 5.41 Å². The highest BCUT2D eigenvalue weighted by Gasteiger charge is 2.29. The monoisotopic (exact) mass is 360 g/mol. The van der Waals surface area contributed by atoms with Crippen LogP contribution in [0.5, 0.6) is 5.75 Å². The lowest BCUT2D eigenvalue weighted by Crippen LogP contribution is -2.42. The van der Waals surface area contributed by atoms with Crippen LogP contribution >= 0.6 is 0 Å². The van der Waals surface area contributed by atoms with E-state index in [4.69, 9.17) is 4.74 Å². The molecule has 0 saturated carbocycles. The average molecular weight is 360 g/mol. The van der Waals surface area contributed by atoms with Crippen molar-refractivity contribution in [1.29, 1.82) is 0 Å². The lowest BCUT2D eigenvalue weighted by Gasteiger charge is -2.28. The molecule has 26 heavy (non-hydrogen) atoms. The first-order chi connectivity index (χ1) is 12.0. The molecule has 1 heterocycles. The third-order valence-corrected chi connectivity index (χ3v) is 4.24. The van der Waals surface area contributed by atoms with Gasteiger partial charge in [-0.1, -0.05) is 20.8 Å². The van der Waals surface area contributed by atoms with Gasteiger partial charge in [-0.3, -0.25) is 9.59 Å². The van der Waals surface area contributed by atoms with Crippen molar-refractivity contribution in [3.05, 3.63) is 29.8 Å². The maximum absolute atomic E-state index is 12.8. The molecule has 0 atom stereocenters. The van der Waals surface area contributed by atoms with Crippen molar-refractivity contribution in [3.8, 4) is 5.75 Å². The number of carbonyl (C=O) groups is 2. The van der Waals surface area contributed by atoms with Gasteiger partial charge in [0.25, 0.3) is 5.91 Å². The molecule has 144 valence electrons. The Balaban J connectivity index is 2.01. The fraction of sp³-hybridized carbons (Fsp3) is 0.619. The van der Waals surface area contributed by atoms with Crippen LogP contribution in [-0.4, -0.2) is 53.4 Å². The average Bonchev–Trinajstić information content (AvgIpc) is 2.77. The Bertz CT molecular complexity index is 639. The van der Waals surface area contributed by atoms with Crippen LogP contribution in [0.2, 0.25) is 0 Å². The van der Waals surface area contributed by atoms with Gasteiger partial charge in [0, 0.05) is 37.2 Å². The third kappa shape index (κ3) is 5.48. The van der Waals surface area contributed by atoms with Crippen molar-refractivity contribution in [2.75, 3.05) is 26.2 Å². The molecule has 0 spiro atoms. The van der Waals surface area contributed by atoms with Crippen LogP contribution in [0, 0.1) is 5.41 Å². The predicted octanol–water partition coefficient (Wildman–Crippen LogP) is 3.58. The molecule has 2 rings (SSSR count). The highest BCUT2D eigenvalue weighted by molar-refractivity contribution is 5.94. The molecule has 0 unspecified atom stereocenters. The van der Waals surface area contributed by atoms with Crippen LogP contribution in [0.25, 0.3) is 0 Å². The Labute approximate surface area is 157 Å². The van der Waals surface area contributed by atoms with Gasteiger partial charge in [0.2, 0.25) is 5.91 Å². The van der Waals surface area contributed by atoms with Crippen LogP contribution in [-0.2, 0) is 4.79 Å². The van der Waals surface area contributed by atoms with Gasteiger partial charge in [-0.15, -0.1) is 0 Å². The lowest BCUT2D eigenvalue weighted by atomic mass is 9.94. The highest BCUT2D eigenvalue weighted by Crippen LogP contribution is 2.21. The molecule has 1 aliphatic rings. The Morgan fingerprint density at radius 1 is 0.846 bits per heavy atom. The van der Waals surface area contributed by atoms with Gasteiger partial charge in [0.05, 0.1) is 0 Å². The number of carbonyl (C=O) groups excluding carboxylic acids is 2. The van der Waals surface area contributed by atoms with E-state index in [2.05, 4.69) is 0 Å². The number of rotatable bonds is 2. The second-order valence-electron chi connectivity index (χ2n) is 8.93. The predicted molar refractivity (Wildman–Crippen MR) is 103 cm³/mol. The molecule has 0 radical (unpaired) electrons. The van der Waals surface area contributed by atoms with Gasteiger partial charge in [-0.25, -0.2) is 0 Å². The van der Waals surface area contributed by atoms with E-state index in [9.17, 15) is 9.59 Å². The number of nitrogens with zero attached hydrogens (tertiary/aromatic N) is 2. The molecule has 0 bridgehead atoms. The molecule has 0 N–H and O–H groups in total. The summed E-state index contributed by atoms with van der Waals surface area (Å²) in [7, 11) is 0. The first-order valence-corrected chi connectivity index (χ1v) is 9.35. The Morgan fingerprint density at radius 2 is 1.38 bits per heavy atom.